The van der Waals surface area contributed by atoms with E-state index in [0.29, 0.717) is 11.8 Å². The molecule has 0 saturated carbocycles. The van der Waals surface area contributed by atoms with Crippen molar-refractivity contribution in [3.05, 3.63) is 23.9 Å². The van der Waals surface area contributed by atoms with E-state index in [2.05, 4.69) is 24.1 Å². The standard InChI is InChI=1S/C15H23N3O/c1-4-16-14-8-13(5-6-17-14)15(19)18-9-11(2)7-12(3)10-18/h5-6,8,11-12H,4,7,9-10H2,1-3H3,(H,16,17). The van der Waals surface area contributed by atoms with Crippen molar-refractivity contribution in [3.8, 4) is 0 Å². The normalized spacial score (nSPS) is 23.2. The minimum Gasteiger partial charge on any atom is -0.370 e. The topological polar surface area (TPSA) is 45.2 Å². The second-order valence-electron chi connectivity index (χ2n) is 5.62. The number of hydrogen-bond donors (Lipinski definition) is 1. The number of amides is 1. The molecule has 104 valence electrons. The Balaban J connectivity index is 2.12. The molecule has 1 fully saturated rings. The minimum atomic E-state index is 0.125. The predicted octanol–water partition coefficient (Wildman–Crippen LogP) is 2.63. The fraction of sp³-hybridized carbons (Fsp3) is 0.600. The summed E-state index contributed by atoms with van der Waals surface area (Å²) in [7, 11) is 0. The van der Waals surface area contributed by atoms with Crippen LogP contribution in [-0.2, 0) is 0 Å². The number of piperidine rings is 1. The van der Waals surface area contributed by atoms with Gasteiger partial charge in [-0.3, -0.25) is 4.79 Å². The van der Waals surface area contributed by atoms with E-state index in [1.165, 1.54) is 6.42 Å². The first-order valence-corrected chi connectivity index (χ1v) is 7.09. The maximum atomic E-state index is 12.5. The summed E-state index contributed by atoms with van der Waals surface area (Å²) in [6.07, 6.45) is 2.91. The van der Waals surface area contributed by atoms with Gasteiger partial charge in [-0.2, -0.15) is 0 Å². The smallest absolute Gasteiger partial charge is 0.254 e. The number of rotatable bonds is 3. The van der Waals surface area contributed by atoms with Gasteiger partial charge in [-0.25, -0.2) is 4.98 Å². The zero-order chi connectivity index (χ0) is 13.8. The molecule has 1 N–H and O–H groups in total. The first-order chi connectivity index (χ1) is 9.10. The van der Waals surface area contributed by atoms with Crippen LogP contribution in [0, 0.1) is 11.8 Å². The maximum absolute atomic E-state index is 12.5. The van der Waals surface area contributed by atoms with E-state index >= 15 is 0 Å². The third kappa shape index (κ3) is 3.46. The van der Waals surface area contributed by atoms with Crippen molar-refractivity contribution in [3.63, 3.8) is 0 Å². The molecule has 1 aliphatic heterocycles. The van der Waals surface area contributed by atoms with Gasteiger partial charge in [0.2, 0.25) is 0 Å². The van der Waals surface area contributed by atoms with Crippen molar-refractivity contribution < 1.29 is 4.79 Å². The van der Waals surface area contributed by atoms with E-state index in [0.717, 1.165) is 31.0 Å². The molecule has 1 amide bonds. The van der Waals surface area contributed by atoms with Crippen LogP contribution in [0.15, 0.2) is 18.3 Å². The summed E-state index contributed by atoms with van der Waals surface area (Å²) in [4.78, 5) is 18.7. The number of anilines is 1. The van der Waals surface area contributed by atoms with Crippen molar-refractivity contribution in [2.24, 2.45) is 11.8 Å². The van der Waals surface area contributed by atoms with Crippen LogP contribution >= 0.6 is 0 Å². The largest absolute Gasteiger partial charge is 0.370 e. The van der Waals surface area contributed by atoms with Crippen LogP contribution in [0.1, 0.15) is 37.6 Å². The number of likely N-dealkylation sites (tertiary alicyclic amines) is 1. The molecule has 1 aromatic heterocycles. The van der Waals surface area contributed by atoms with Crippen molar-refractivity contribution in [2.75, 3.05) is 25.0 Å². The van der Waals surface area contributed by atoms with Crippen LogP contribution in [-0.4, -0.2) is 35.4 Å². The summed E-state index contributed by atoms with van der Waals surface area (Å²) < 4.78 is 0. The summed E-state index contributed by atoms with van der Waals surface area (Å²) in [5.74, 6) is 2.07. The van der Waals surface area contributed by atoms with Gasteiger partial charge in [0.05, 0.1) is 0 Å². The van der Waals surface area contributed by atoms with Crippen molar-refractivity contribution >= 4 is 11.7 Å². The summed E-state index contributed by atoms with van der Waals surface area (Å²) in [5.41, 5.74) is 0.729. The highest BCUT2D eigenvalue weighted by atomic mass is 16.2. The average molecular weight is 261 g/mol. The van der Waals surface area contributed by atoms with Gasteiger partial charge in [-0.15, -0.1) is 0 Å². The van der Waals surface area contributed by atoms with Gasteiger partial charge in [0, 0.05) is 31.4 Å². The van der Waals surface area contributed by atoms with Gasteiger partial charge in [0.25, 0.3) is 5.91 Å². The molecule has 1 aromatic rings. The SMILES string of the molecule is CCNc1cc(C(=O)N2CC(C)CC(C)C2)ccn1. The highest BCUT2D eigenvalue weighted by molar-refractivity contribution is 5.94. The molecule has 1 aliphatic rings. The molecule has 1 saturated heterocycles. The molecule has 2 atom stereocenters. The molecule has 0 aromatic carbocycles. The minimum absolute atomic E-state index is 0.125. The van der Waals surface area contributed by atoms with E-state index in [-0.39, 0.29) is 5.91 Å². The zero-order valence-electron chi connectivity index (χ0n) is 12.0. The zero-order valence-corrected chi connectivity index (χ0v) is 12.0. The number of carbonyl (C=O) groups excluding carboxylic acids is 1. The number of carbonyl (C=O) groups is 1. The highest BCUT2D eigenvalue weighted by Gasteiger charge is 2.26. The Morgan fingerprint density at radius 2 is 2.11 bits per heavy atom. The molecule has 2 rings (SSSR count). The van der Waals surface area contributed by atoms with Gasteiger partial charge in [0.15, 0.2) is 0 Å². The van der Waals surface area contributed by atoms with E-state index in [1.54, 1.807) is 12.3 Å². The van der Waals surface area contributed by atoms with E-state index in [4.69, 9.17) is 0 Å². The lowest BCUT2D eigenvalue weighted by atomic mass is 9.91. The van der Waals surface area contributed by atoms with Gasteiger partial charge < -0.3 is 10.2 Å². The molecular weight excluding hydrogens is 238 g/mol. The Hall–Kier alpha value is -1.58. The summed E-state index contributed by atoms with van der Waals surface area (Å²) in [6.45, 7) is 8.98. The van der Waals surface area contributed by atoms with Crippen LogP contribution in [0.4, 0.5) is 5.82 Å². The molecule has 2 heterocycles. The second-order valence-corrected chi connectivity index (χ2v) is 5.62. The van der Waals surface area contributed by atoms with Gasteiger partial charge >= 0.3 is 0 Å². The summed E-state index contributed by atoms with van der Waals surface area (Å²) >= 11 is 0. The van der Waals surface area contributed by atoms with Crippen molar-refractivity contribution in [1.82, 2.24) is 9.88 Å². The third-order valence-electron chi connectivity index (χ3n) is 3.52. The highest BCUT2D eigenvalue weighted by Crippen LogP contribution is 2.22. The summed E-state index contributed by atoms with van der Waals surface area (Å²) in [6, 6.07) is 3.64. The van der Waals surface area contributed by atoms with Crippen molar-refractivity contribution in [1.29, 1.82) is 0 Å². The Bertz CT molecular complexity index is 437. The van der Waals surface area contributed by atoms with Crippen LogP contribution in [0.3, 0.4) is 0 Å². The Labute approximate surface area is 115 Å². The number of nitrogens with zero attached hydrogens (tertiary/aromatic N) is 2. The predicted molar refractivity (Wildman–Crippen MR) is 77.2 cm³/mol. The van der Waals surface area contributed by atoms with E-state index in [1.807, 2.05) is 17.9 Å². The Kier molecular flexibility index (Phi) is 4.40. The molecule has 0 spiro atoms. The average Bonchev–Trinajstić information content (AvgIpc) is 2.37. The van der Waals surface area contributed by atoms with Crippen LogP contribution < -0.4 is 5.32 Å². The van der Waals surface area contributed by atoms with Gasteiger partial charge in [-0.05, 0) is 37.3 Å². The van der Waals surface area contributed by atoms with Crippen LogP contribution in [0.2, 0.25) is 0 Å². The van der Waals surface area contributed by atoms with E-state index in [9.17, 15) is 4.79 Å². The lowest BCUT2D eigenvalue weighted by molar-refractivity contribution is 0.0623. The van der Waals surface area contributed by atoms with Crippen molar-refractivity contribution in [2.45, 2.75) is 27.2 Å². The van der Waals surface area contributed by atoms with E-state index < -0.39 is 0 Å². The first kappa shape index (κ1) is 13.8. The summed E-state index contributed by atoms with van der Waals surface area (Å²) in [5, 5.41) is 3.14. The van der Waals surface area contributed by atoms with Crippen LogP contribution in [0.25, 0.3) is 0 Å². The molecule has 4 heteroatoms. The second kappa shape index (κ2) is 6.04. The number of nitrogens with one attached hydrogen (secondary N) is 1. The monoisotopic (exact) mass is 261 g/mol. The molecule has 19 heavy (non-hydrogen) atoms. The maximum Gasteiger partial charge on any atom is 0.254 e. The third-order valence-corrected chi connectivity index (χ3v) is 3.52. The fourth-order valence-corrected chi connectivity index (χ4v) is 2.85. The Morgan fingerprint density at radius 1 is 1.42 bits per heavy atom. The van der Waals surface area contributed by atoms with Crippen LogP contribution in [0.5, 0.6) is 0 Å². The lowest BCUT2D eigenvalue weighted by Crippen LogP contribution is -2.42. The van der Waals surface area contributed by atoms with Gasteiger partial charge in [-0.1, -0.05) is 13.8 Å². The first-order valence-electron chi connectivity index (χ1n) is 7.09. The fourth-order valence-electron chi connectivity index (χ4n) is 2.85. The molecule has 0 radical (unpaired) electrons. The molecule has 4 nitrogen and oxygen atoms in total. The quantitative estimate of drug-likeness (QED) is 0.909. The number of hydrogen-bond acceptors (Lipinski definition) is 3. The lowest BCUT2D eigenvalue weighted by Gasteiger charge is -2.35. The molecule has 2 unspecified atom stereocenters. The molecular formula is C15H23N3O. The molecule has 0 bridgehead atoms. The number of pyridine rings is 1. The molecule has 0 aliphatic carbocycles. The number of aromatic nitrogens is 1. The Morgan fingerprint density at radius 3 is 2.74 bits per heavy atom. The van der Waals surface area contributed by atoms with Gasteiger partial charge in [0.1, 0.15) is 5.82 Å².